The number of hydrogen-bond acceptors (Lipinski definition) is 5. The van der Waals surface area contributed by atoms with Crippen LogP contribution in [0.3, 0.4) is 0 Å². The van der Waals surface area contributed by atoms with Crippen LogP contribution in [-0.4, -0.2) is 61.0 Å². The Morgan fingerprint density at radius 1 is 1.45 bits per heavy atom. The topological polar surface area (TPSA) is 59.0 Å². The second kappa shape index (κ2) is 6.87. The summed E-state index contributed by atoms with van der Waals surface area (Å²) >= 11 is 0. The minimum absolute atomic E-state index is 0.0712. The molecule has 20 heavy (non-hydrogen) atoms. The van der Waals surface area contributed by atoms with Gasteiger partial charge in [-0.3, -0.25) is 4.79 Å². The number of fused-ring (bicyclic) bond motifs is 2. The van der Waals surface area contributed by atoms with Crippen LogP contribution in [-0.2, 0) is 14.3 Å². The molecule has 0 radical (unpaired) electrons. The Kier molecular flexibility index (Phi) is 5.41. The zero-order valence-electron chi connectivity index (χ0n) is 12.7. The highest BCUT2D eigenvalue weighted by Crippen LogP contribution is 2.39. The third-order valence-corrected chi connectivity index (χ3v) is 4.39. The van der Waals surface area contributed by atoms with Crippen molar-refractivity contribution in [2.75, 3.05) is 26.7 Å². The fourth-order valence-electron chi connectivity index (χ4n) is 3.08. The van der Waals surface area contributed by atoms with E-state index >= 15 is 0 Å². The molecule has 2 fully saturated rings. The van der Waals surface area contributed by atoms with E-state index < -0.39 is 0 Å². The maximum atomic E-state index is 12.3. The molecule has 2 rings (SSSR count). The Morgan fingerprint density at radius 2 is 2.20 bits per heavy atom. The normalized spacial score (nSPS) is 30.2. The van der Waals surface area contributed by atoms with Crippen LogP contribution in [0.15, 0.2) is 0 Å². The highest BCUT2D eigenvalue weighted by Gasteiger charge is 2.45. The van der Waals surface area contributed by atoms with Crippen LogP contribution in [0.4, 0.5) is 0 Å². The first-order valence-electron chi connectivity index (χ1n) is 7.66. The summed E-state index contributed by atoms with van der Waals surface area (Å²) in [5, 5.41) is 8.95. The lowest BCUT2D eigenvalue weighted by Crippen LogP contribution is -2.39. The van der Waals surface area contributed by atoms with Gasteiger partial charge in [0.2, 0.25) is 0 Å². The highest BCUT2D eigenvalue weighted by molar-refractivity contribution is 5.74. The molecular weight excluding hydrogens is 258 g/mol. The van der Waals surface area contributed by atoms with Crippen LogP contribution in [0.25, 0.3) is 0 Å². The van der Waals surface area contributed by atoms with Crippen LogP contribution >= 0.6 is 0 Å². The maximum absolute atomic E-state index is 12.3. The third-order valence-electron chi connectivity index (χ3n) is 4.39. The molecule has 0 aromatic rings. The van der Waals surface area contributed by atoms with Gasteiger partial charge in [0.1, 0.15) is 6.10 Å². The minimum atomic E-state index is -0.127. The zero-order chi connectivity index (χ0) is 14.7. The molecule has 4 atom stereocenters. The summed E-state index contributed by atoms with van der Waals surface area (Å²) in [5.74, 6) is 0.0889. The Morgan fingerprint density at radius 3 is 2.70 bits per heavy atom. The van der Waals surface area contributed by atoms with E-state index in [9.17, 15) is 4.79 Å². The van der Waals surface area contributed by atoms with Gasteiger partial charge in [0.25, 0.3) is 0 Å². The van der Waals surface area contributed by atoms with Gasteiger partial charge in [-0.15, -0.1) is 0 Å². The first kappa shape index (κ1) is 15.7. The van der Waals surface area contributed by atoms with Gasteiger partial charge >= 0.3 is 5.97 Å². The molecule has 4 unspecified atom stereocenters. The molecule has 0 spiro atoms. The van der Waals surface area contributed by atoms with Crippen LogP contribution in [0, 0.1) is 11.8 Å². The number of carbonyl (C=O) groups excluding carboxylic acids is 1. The van der Waals surface area contributed by atoms with E-state index in [0.717, 1.165) is 19.3 Å². The van der Waals surface area contributed by atoms with Gasteiger partial charge in [-0.25, -0.2) is 0 Å². The highest BCUT2D eigenvalue weighted by atomic mass is 16.6. The van der Waals surface area contributed by atoms with Crippen molar-refractivity contribution in [3.8, 4) is 0 Å². The van der Waals surface area contributed by atoms with Gasteiger partial charge in [0.05, 0.1) is 24.7 Å². The average molecular weight is 285 g/mol. The SMILES string of the molecule is CC(C)C(CN(C)CCO)OC(=O)C1CC2CCC1O2. The predicted octanol–water partition coefficient (Wildman–Crippen LogP) is 1.05. The van der Waals surface area contributed by atoms with Crippen molar-refractivity contribution >= 4 is 5.97 Å². The van der Waals surface area contributed by atoms with E-state index in [2.05, 4.69) is 13.8 Å². The van der Waals surface area contributed by atoms with Crippen molar-refractivity contribution in [3.05, 3.63) is 0 Å². The molecule has 5 heteroatoms. The molecule has 116 valence electrons. The van der Waals surface area contributed by atoms with Gasteiger partial charge < -0.3 is 19.5 Å². The number of aliphatic hydroxyl groups excluding tert-OH is 1. The summed E-state index contributed by atoms with van der Waals surface area (Å²) in [7, 11) is 1.93. The van der Waals surface area contributed by atoms with E-state index in [1.807, 2.05) is 11.9 Å². The lowest BCUT2D eigenvalue weighted by Gasteiger charge is -2.28. The number of hydrogen-bond donors (Lipinski definition) is 1. The van der Waals surface area contributed by atoms with E-state index in [1.165, 1.54) is 0 Å². The molecule has 1 N–H and O–H groups in total. The molecule has 2 bridgehead atoms. The summed E-state index contributed by atoms with van der Waals surface area (Å²) in [6.07, 6.45) is 3.12. The number of esters is 1. The van der Waals surface area contributed by atoms with Crippen LogP contribution in [0.1, 0.15) is 33.1 Å². The van der Waals surface area contributed by atoms with Gasteiger partial charge in [-0.05, 0) is 32.2 Å². The Balaban J connectivity index is 1.86. The largest absolute Gasteiger partial charge is 0.460 e. The number of nitrogens with zero attached hydrogens (tertiary/aromatic N) is 1. The van der Waals surface area contributed by atoms with Crippen LogP contribution in [0.2, 0.25) is 0 Å². The fourth-order valence-corrected chi connectivity index (χ4v) is 3.08. The fraction of sp³-hybridized carbons (Fsp3) is 0.933. The van der Waals surface area contributed by atoms with Gasteiger partial charge in [-0.1, -0.05) is 13.8 Å². The van der Waals surface area contributed by atoms with E-state index in [4.69, 9.17) is 14.6 Å². The second-order valence-corrected chi connectivity index (χ2v) is 6.42. The third kappa shape index (κ3) is 3.71. The molecule has 2 aliphatic heterocycles. The summed E-state index contributed by atoms with van der Waals surface area (Å²) in [6.45, 7) is 5.49. The molecular formula is C15H27NO4. The van der Waals surface area contributed by atoms with Crippen LogP contribution in [0.5, 0.6) is 0 Å². The lowest BCUT2D eigenvalue weighted by molar-refractivity contribution is -0.159. The molecule has 0 amide bonds. The molecule has 2 heterocycles. The van der Waals surface area contributed by atoms with E-state index in [1.54, 1.807) is 0 Å². The van der Waals surface area contributed by atoms with Crippen molar-refractivity contribution in [1.29, 1.82) is 0 Å². The molecule has 0 saturated carbocycles. The quantitative estimate of drug-likeness (QED) is 0.708. The van der Waals surface area contributed by atoms with Crippen LogP contribution < -0.4 is 0 Å². The predicted molar refractivity (Wildman–Crippen MR) is 75.3 cm³/mol. The first-order valence-corrected chi connectivity index (χ1v) is 7.66. The van der Waals surface area contributed by atoms with Gasteiger partial charge in [0.15, 0.2) is 0 Å². The minimum Gasteiger partial charge on any atom is -0.460 e. The Hall–Kier alpha value is -0.650. The van der Waals surface area contributed by atoms with Gasteiger partial charge in [0, 0.05) is 13.1 Å². The number of carbonyl (C=O) groups is 1. The summed E-state index contributed by atoms with van der Waals surface area (Å²) in [6, 6.07) is 0. The molecule has 2 aliphatic rings. The standard InChI is InChI=1S/C15H27NO4/c1-10(2)14(9-16(3)6-7-17)20-15(18)12-8-11-4-5-13(12)19-11/h10-14,17H,4-9H2,1-3H3. The molecule has 0 aromatic heterocycles. The maximum Gasteiger partial charge on any atom is 0.312 e. The molecule has 5 nitrogen and oxygen atoms in total. The Bertz CT molecular complexity index is 334. The monoisotopic (exact) mass is 285 g/mol. The summed E-state index contributed by atoms with van der Waals surface area (Å²) in [5.41, 5.74) is 0. The van der Waals surface area contributed by atoms with Crippen molar-refractivity contribution in [3.63, 3.8) is 0 Å². The van der Waals surface area contributed by atoms with Crippen molar-refractivity contribution in [1.82, 2.24) is 4.90 Å². The number of likely N-dealkylation sites (N-methyl/N-ethyl adjacent to an activating group) is 1. The number of aliphatic hydroxyl groups is 1. The van der Waals surface area contributed by atoms with Gasteiger partial charge in [-0.2, -0.15) is 0 Å². The van der Waals surface area contributed by atoms with Crippen molar-refractivity contribution < 1.29 is 19.4 Å². The average Bonchev–Trinajstić information content (AvgIpc) is 3.00. The smallest absolute Gasteiger partial charge is 0.312 e. The van der Waals surface area contributed by atoms with Crippen molar-refractivity contribution in [2.24, 2.45) is 11.8 Å². The summed E-state index contributed by atoms with van der Waals surface area (Å²) in [4.78, 5) is 14.3. The molecule has 0 aliphatic carbocycles. The van der Waals surface area contributed by atoms with E-state index in [0.29, 0.717) is 13.1 Å². The second-order valence-electron chi connectivity index (χ2n) is 6.42. The lowest BCUT2D eigenvalue weighted by atomic mass is 9.89. The molecule has 2 saturated heterocycles. The Labute approximate surface area is 121 Å². The molecule has 0 aromatic carbocycles. The first-order chi connectivity index (χ1) is 9.51. The number of ether oxygens (including phenoxy) is 2. The summed E-state index contributed by atoms with van der Waals surface area (Å²) < 4.78 is 11.4. The number of rotatable bonds is 7. The van der Waals surface area contributed by atoms with E-state index in [-0.39, 0.29) is 42.7 Å². The zero-order valence-corrected chi connectivity index (χ0v) is 12.7. The van der Waals surface area contributed by atoms with Crippen molar-refractivity contribution in [2.45, 2.75) is 51.4 Å².